The normalized spacial score (nSPS) is 9.80. The second-order valence-electron chi connectivity index (χ2n) is 1.90. The maximum Gasteiger partial charge on any atom is 0.0471 e. The Balaban J connectivity index is 3.28. The van der Waals surface area contributed by atoms with Gasteiger partial charge in [-0.25, -0.2) is 0 Å². The third kappa shape index (κ3) is 1.66. The van der Waals surface area contributed by atoms with Gasteiger partial charge in [0, 0.05) is 18.5 Å². The Morgan fingerprint density at radius 3 is 1.60 bits per heavy atom. The molecule has 0 radical (unpaired) electrons. The molecule has 0 aliphatic heterocycles. The number of nitrogens with two attached hydrogens (primary N) is 2. The fourth-order valence-corrected chi connectivity index (χ4v) is 2.11. The largest absolute Gasteiger partial charge is 0.398 e. The van der Waals surface area contributed by atoms with Crippen molar-refractivity contribution in [1.29, 1.82) is 0 Å². The summed E-state index contributed by atoms with van der Waals surface area (Å²) in [6.07, 6.45) is 0. The third-order valence-electron chi connectivity index (χ3n) is 1.12. The molecule has 54 valence electrons. The molecule has 10 heavy (non-hydrogen) atoms. The summed E-state index contributed by atoms with van der Waals surface area (Å²) >= 11 is 4.36. The molecule has 4 heteroatoms. The van der Waals surface area contributed by atoms with E-state index in [1.165, 1.54) is 0 Å². The van der Waals surface area contributed by atoms with Crippen LogP contribution in [0.4, 0.5) is 11.4 Å². The van der Waals surface area contributed by atoms with Crippen molar-refractivity contribution >= 4 is 56.6 Å². The molecule has 0 aromatic heterocycles. The quantitative estimate of drug-likeness (QED) is 0.550. The van der Waals surface area contributed by atoms with E-state index in [4.69, 9.17) is 11.5 Å². The number of benzene rings is 1. The second-order valence-corrected chi connectivity index (χ2v) is 4.22. The third-order valence-corrected chi connectivity index (χ3v) is 2.98. The zero-order valence-electron chi connectivity index (χ0n) is 5.07. The van der Waals surface area contributed by atoms with Crippen LogP contribution in [0, 0.1) is 7.14 Å². The molecule has 0 spiro atoms. The highest BCUT2D eigenvalue weighted by atomic mass is 127. The van der Waals surface area contributed by atoms with Crippen LogP contribution >= 0.6 is 45.2 Å². The number of nitrogen functional groups attached to an aromatic ring is 2. The number of hydrogen-bond acceptors (Lipinski definition) is 2. The van der Waals surface area contributed by atoms with Gasteiger partial charge in [0.2, 0.25) is 0 Å². The van der Waals surface area contributed by atoms with E-state index >= 15 is 0 Å². The van der Waals surface area contributed by atoms with Crippen molar-refractivity contribution in [1.82, 2.24) is 0 Å². The van der Waals surface area contributed by atoms with Crippen molar-refractivity contribution in [2.45, 2.75) is 0 Å². The summed E-state index contributed by atoms with van der Waals surface area (Å²) in [7, 11) is 0. The van der Waals surface area contributed by atoms with Crippen LogP contribution in [-0.4, -0.2) is 0 Å². The molecule has 0 heterocycles. The van der Waals surface area contributed by atoms with E-state index in [1.807, 2.05) is 6.07 Å². The Bertz CT molecular complexity index is 210. The molecule has 0 aliphatic rings. The van der Waals surface area contributed by atoms with Crippen molar-refractivity contribution in [3.8, 4) is 0 Å². The highest BCUT2D eigenvalue weighted by Gasteiger charge is 1.99. The number of rotatable bonds is 0. The highest BCUT2D eigenvalue weighted by molar-refractivity contribution is 14.1. The number of hydrogen-bond donors (Lipinski definition) is 2. The van der Waals surface area contributed by atoms with Gasteiger partial charge >= 0.3 is 0 Å². The molecule has 0 bridgehead atoms. The molecule has 0 saturated heterocycles. The van der Waals surface area contributed by atoms with Crippen molar-refractivity contribution < 1.29 is 0 Å². The summed E-state index contributed by atoms with van der Waals surface area (Å²) in [6.45, 7) is 0. The van der Waals surface area contributed by atoms with Crippen LogP contribution in [-0.2, 0) is 0 Å². The fourth-order valence-electron chi connectivity index (χ4n) is 0.583. The van der Waals surface area contributed by atoms with E-state index in [1.54, 1.807) is 6.07 Å². The summed E-state index contributed by atoms with van der Waals surface area (Å²) in [5.41, 5.74) is 12.7. The second kappa shape index (κ2) is 3.12. The Morgan fingerprint density at radius 2 is 1.30 bits per heavy atom. The predicted molar refractivity (Wildman–Crippen MR) is 60.7 cm³/mol. The number of halogens is 2. The fraction of sp³-hybridized carbons (Fsp3) is 0. The molecule has 1 aromatic carbocycles. The maximum absolute atomic E-state index is 5.60. The van der Waals surface area contributed by atoms with Gasteiger partial charge in [-0.05, 0) is 57.3 Å². The van der Waals surface area contributed by atoms with Crippen LogP contribution in [0.15, 0.2) is 12.1 Å². The predicted octanol–water partition coefficient (Wildman–Crippen LogP) is 2.06. The monoisotopic (exact) mass is 360 g/mol. The van der Waals surface area contributed by atoms with Crippen LogP contribution in [0.1, 0.15) is 0 Å². The van der Waals surface area contributed by atoms with Gasteiger partial charge in [-0.15, -0.1) is 0 Å². The first-order valence-corrected chi connectivity index (χ1v) is 4.77. The SMILES string of the molecule is Nc1cc(N)c(I)cc1I. The summed E-state index contributed by atoms with van der Waals surface area (Å²) < 4.78 is 2.10. The van der Waals surface area contributed by atoms with E-state index in [-0.39, 0.29) is 0 Å². The molecule has 1 aromatic rings. The lowest BCUT2D eigenvalue weighted by Crippen LogP contribution is -1.95. The lowest BCUT2D eigenvalue weighted by molar-refractivity contribution is 1.57. The van der Waals surface area contributed by atoms with Gasteiger partial charge in [-0.1, -0.05) is 0 Å². The number of anilines is 2. The molecule has 1 rings (SSSR count). The minimum Gasteiger partial charge on any atom is -0.398 e. The van der Waals surface area contributed by atoms with Gasteiger partial charge in [0.15, 0.2) is 0 Å². The average Bonchev–Trinajstić information content (AvgIpc) is 1.84. The van der Waals surface area contributed by atoms with Gasteiger partial charge in [-0.2, -0.15) is 0 Å². The topological polar surface area (TPSA) is 52.0 Å². The zero-order chi connectivity index (χ0) is 7.72. The molecule has 0 amide bonds. The lowest BCUT2D eigenvalue weighted by Gasteiger charge is -2.01. The molecule has 0 fully saturated rings. The molecule has 0 atom stereocenters. The lowest BCUT2D eigenvalue weighted by atomic mass is 10.3. The molecule has 0 aliphatic carbocycles. The molecule has 0 unspecified atom stereocenters. The van der Waals surface area contributed by atoms with Gasteiger partial charge in [-0.3, -0.25) is 0 Å². The first-order chi connectivity index (χ1) is 4.61. The maximum atomic E-state index is 5.60. The van der Waals surface area contributed by atoms with E-state index in [9.17, 15) is 0 Å². The zero-order valence-corrected chi connectivity index (χ0v) is 9.38. The summed E-state index contributed by atoms with van der Waals surface area (Å²) in [5.74, 6) is 0. The molecular weight excluding hydrogens is 354 g/mol. The average molecular weight is 360 g/mol. The first-order valence-electron chi connectivity index (χ1n) is 2.61. The summed E-state index contributed by atoms with van der Waals surface area (Å²) in [5, 5.41) is 0. The molecule has 2 nitrogen and oxygen atoms in total. The Hall–Kier alpha value is 0.280. The van der Waals surface area contributed by atoms with Gasteiger partial charge < -0.3 is 11.5 Å². The molecular formula is C6H6I2N2. The van der Waals surface area contributed by atoms with Crippen LogP contribution < -0.4 is 11.5 Å². The Kier molecular flexibility index (Phi) is 2.61. The minimum atomic E-state index is 0.749. The summed E-state index contributed by atoms with van der Waals surface area (Å²) in [6, 6.07) is 3.75. The van der Waals surface area contributed by atoms with Crippen LogP contribution in [0.5, 0.6) is 0 Å². The Morgan fingerprint density at radius 1 is 0.900 bits per heavy atom. The van der Waals surface area contributed by atoms with Crippen LogP contribution in [0.3, 0.4) is 0 Å². The van der Waals surface area contributed by atoms with E-state index in [0.717, 1.165) is 18.5 Å². The standard InChI is InChI=1S/C6H6I2N2/c7-3-1-4(8)6(10)2-5(3)9/h1-2H,9-10H2. The van der Waals surface area contributed by atoms with E-state index in [2.05, 4.69) is 45.2 Å². The van der Waals surface area contributed by atoms with Gasteiger partial charge in [0.25, 0.3) is 0 Å². The van der Waals surface area contributed by atoms with Gasteiger partial charge in [0.05, 0.1) is 0 Å². The van der Waals surface area contributed by atoms with E-state index in [0.29, 0.717) is 0 Å². The molecule has 4 N–H and O–H groups in total. The Labute approximate surface area is 86.6 Å². The van der Waals surface area contributed by atoms with Crippen molar-refractivity contribution in [2.24, 2.45) is 0 Å². The smallest absolute Gasteiger partial charge is 0.0471 e. The van der Waals surface area contributed by atoms with Crippen molar-refractivity contribution in [3.63, 3.8) is 0 Å². The van der Waals surface area contributed by atoms with Crippen molar-refractivity contribution in [3.05, 3.63) is 19.3 Å². The van der Waals surface area contributed by atoms with Crippen LogP contribution in [0.2, 0.25) is 0 Å². The molecule has 0 saturated carbocycles. The highest BCUT2D eigenvalue weighted by Crippen LogP contribution is 2.23. The van der Waals surface area contributed by atoms with E-state index < -0.39 is 0 Å². The minimum absolute atomic E-state index is 0.749. The van der Waals surface area contributed by atoms with Gasteiger partial charge in [0.1, 0.15) is 0 Å². The summed E-state index contributed by atoms with van der Waals surface area (Å²) in [4.78, 5) is 0. The first kappa shape index (κ1) is 8.38. The van der Waals surface area contributed by atoms with Crippen LogP contribution in [0.25, 0.3) is 0 Å². The van der Waals surface area contributed by atoms with Crippen molar-refractivity contribution in [2.75, 3.05) is 11.5 Å².